The van der Waals surface area contributed by atoms with E-state index in [1.165, 1.54) is 0 Å². The lowest BCUT2D eigenvalue weighted by Gasteiger charge is -2.13. The molecule has 0 aliphatic rings. The van der Waals surface area contributed by atoms with Crippen molar-refractivity contribution in [3.63, 3.8) is 0 Å². The maximum atomic E-state index is 5.93. The SMILES string of the molecule is CCc1noc(COc2ccc(Br)cc2[C@@H](C)N)n1. The van der Waals surface area contributed by atoms with Crippen LogP contribution in [0.2, 0.25) is 0 Å². The predicted molar refractivity (Wildman–Crippen MR) is 74.8 cm³/mol. The van der Waals surface area contributed by atoms with Crippen molar-refractivity contribution in [3.8, 4) is 5.75 Å². The Balaban J connectivity index is 2.10. The fraction of sp³-hybridized carbons (Fsp3) is 0.385. The van der Waals surface area contributed by atoms with E-state index in [0.29, 0.717) is 11.7 Å². The molecule has 0 spiro atoms. The highest BCUT2D eigenvalue weighted by atomic mass is 79.9. The Morgan fingerprint density at radius 3 is 2.89 bits per heavy atom. The first-order valence-corrected chi connectivity index (χ1v) is 6.88. The smallest absolute Gasteiger partial charge is 0.264 e. The molecule has 0 fully saturated rings. The molecule has 19 heavy (non-hydrogen) atoms. The number of nitrogens with two attached hydrogens (primary N) is 1. The van der Waals surface area contributed by atoms with E-state index in [4.69, 9.17) is 15.0 Å². The molecule has 0 unspecified atom stereocenters. The van der Waals surface area contributed by atoms with Crippen LogP contribution in [0.15, 0.2) is 27.2 Å². The topological polar surface area (TPSA) is 74.2 Å². The van der Waals surface area contributed by atoms with Gasteiger partial charge in [-0.2, -0.15) is 4.98 Å². The van der Waals surface area contributed by atoms with Crippen LogP contribution in [0, 0.1) is 0 Å². The lowest BCUT2D eigenvalue weighted by atomic mass is 10.1. The van der Waals surface area contributed by atoms with Gasteiger partial charge in [-0.05, 0) is 25.1 Å². The van der Waals surface area contributed by atoms with Gasteiger partial charge < -0.3 is 15.0 Å². The van der Waals surface area contributed by atoms with Gasteiger partial charge in [0.05, 0.1) is 0 Å². The zero-order valence-electron chi connectivity index (χ0n) is 10.9. The maximum Gasteiger partial charge on any atom is 0.264 e. The molecule has 2 aromatic rings. The molecule has 0 amide bonds. The number of benzene rings is 1. The molecule has 1 aromatic heterocycles. The summed E-state index contributed by atoms with van der Waals surface area (Å²) in [7, 11) is 0. The number of rotatable bonds is 5. The highest BCUT2D eigenvalue weighted by molar-refractivity contribution is 9.10. The van der Waals surface area contributed by atoms with E-state index in [9.17, 15) is 0 Å². The minimum absolute atomic E-state index is 0.110. The molecule has 2 rings (SSSR count). The third kappa shape index (κ3) is 3.54. The van der Waals surface area contributed by atoms with Crippen molar-refractivity contribution in [1.29, 1.82) is 0 Å². The zero-order chi connectivity index (χ0) is 13.8. The Morgan fingerprint density at radius 1 is 1.47 bits per heavy atom. The van der Waals surface area contributed by atoms with Crippen molar-refractivity contribution < 1.29 is 9.26 Å². The quantitative estimate of drug-likeness (QED) is 0.914. The molecular formula is C13H16BrN3O2. The molecule has 102 valence electrons. The second kappa shape index (κ2) is 6.16. The van der Waals surface area contributed by atoms with E-state index in [-0.39, 0.29) is 12.6 Å². The van der Waals surface area contributed by atoms with Crippen LogP contribution in [0.1, 0.15) is 37.2 Å². The van der Waals surface area contributed by atoms with E-state index >= 15 is 0 Å². The second-order valence-electron chi connectivity index (χ2n) is 4.22. The van der Waals surface area contributed by atoms with E-state index in [1.54, 1.807) is 0 Å². The fourth-order valence-electron chi connectivity index (χ4n) is 1.64. The predicted octanol–water partition coefficient (Wildman–Crippen LogP) is 2.99. The number of aryl methyl sites for hydroxylation is 1. The summed E-state index contributed by atoms with van der Waals surface area (Å²) in [5.41, 5.74) is 6.86. The zero-order valence-corrected chi connectivity index (χ0v) is 12.5. The minimum Gasteiger partial charge on any atom is -0.483 e. The fourth-order valence-corrected chi connectivity index (χ4v) is 2.02. The monoisotopic (exact) mass is 325 g/mol. The summed E-state index contributed by atoms with van der Waals surface area (Å²) in [4.78, 5) is 4.19. The molecule has 1 aromatic carbocycles. The van der Waals surface area contributed by atoms with Crippen LogP contribution in [-0.4, -0.2) is 10.1 Å². The second-order valence-corrected chi connectivity index (χ2v) is 5.13. The minimum atomic E-state index is -0.110. The number of nitrogens with zero attached hydrogens (tertiary/aromatic N) is 2. The van der Waals surface area contributed by atoms with E-state index in [0.717, 1.165) is 22.2 Å². The van der Waals surface area contributed by atoms with Gasteiger partial charge in [-0.3, -0.25) is 0 Å². The van der Waals surface area contributed by atoms with Crippen LogP contribution in [0.3, 0.4) is 0 Å². The van der Waals surface area contributed by atoms with Crippen molar-refractivity contribution in [2.24, 2.45) is 5.73 Å². The normalized spacial score (nSPS) is 12.4. The van der Waals surface area contributed by atoms with E-state index in [1.807, 2.05) is 32.0 Å². The molecule has 1 atom stereocenters. The summed E-state index contributed by atoms with van der Waals surface area (Å²) in [5, 5.41) is 3.82. The number of ether oxygens (including phenoxy) is 1. The Kier molecular flexibility index (Phi) is 4.55. The van der Waals surface area contributed by atoms with Crippen LogP contribution in [0.25, 0.3) is 0 Å². The number of hydrogen-bond donors (Lipinski definition) is 1. The number of aromatic nitrogens is 2. The van der Waals surface area contributed by atoms with E-state index < -0.39 is 0 Å². The molecule has 6 heteroatoms. The highest BCUT2D eigenvalue weighted by Gasteiger charge is 2.11. The third-order valence-corrected chi connectivity index (χ3v) is 3.13. The summed E-state index contributed by atoms with van der Waals surface area (Å²) < 4.78 is 11.7. The summed E-state index contributed by atoms with van der Waals surface area (Å²) in [5.74, 6) is 1.88. The molecule has 2 N–H and O–H groups in total. The molecule has 0 bridgehead atoms. The van der Waals surface area contributed by atoms with Crippen molar-refractivity contribution >= 4 is 15.9 Å². The first-order valence-electron chi connectivity index (χ1n) is 6.09. The average molecular weight is 326 g/mol. The van der Waals surface area contributed by atoms with Crippen LogP contribution in [0.5, 0.6) is 5.75 Å². The third-order valence-electron chi connectivity index (χ3n) is 2.64. The average Bonchev–Trinajstić information content (AvgIpc) is 2.85. The van der Waals surface area contributed by atoms with Gasteiger partial charge in [0.15, 0.2) is 12.4 Å². The Labute approximate surface area is 120 Å². The lowest BCUT2D eigenvalue weighted by molar-refractivity contribution is 0.240. The maximum absolute atomic E-state index is 5.93. The van der Waals surface area contributed by atoms with Crippen molar-refractivity contribution in [3.05, 3.63) is 40.0 Å². The number of halogens is 1. The van der Waals surface area contributed by atoms with Crippen LogP contribution < -0.4 is 10.5 Å². The lowest BCUT2D eigenvalue weighted by Crippen LogP contribution is -2.08. The van der Waals surface area contributed by atoms with Crippen LogP contribution >= 0.6 is 15.9 Å². The molecule has 0 saturated heterocycles. The molecule has 5 nitrogen and oxygen atoms in total. The first kappa shape index (κ1) is 14.0. The summed E-state index contributed by atoms with van der Waals surface area (Å²) in [6.45, 7) is 4.13. The standard InChI is InChI=1S/C13H16BrN3O2/c1-3-12-16-13(19-17-12)7-18-11-5-4-9(14)6-10(11)8(2)15/h4-6,8H,3,7,15H2,1-2H3/t8-/m1/s1. The molecule has 0 saturated carbocycles. The van der Waals surface area contributed by atoms with Crippen LogP contribution in [0.4, 0.5) is 0 Å². The van der Waals surface area contributed by atoms with E-state index in [2.05, 4.69) is 26.1 Å². The van der Waals surface area contributed by atoms with Gasteiger partial charge >= 0.3 is 0 Å². The van der Waals surface area contributed by atoms with Gasteiger partial charge in [-0.25, -0.2) is 0 Å². The summed E-state index contributed by atoms with van der Waals surface area (Å²) in [6, 6.07) is 5.62. The summed E-state index contributed by atoms with van der Waals surface area (Å²) >= 11 is 3.42. The Morgan fingerprint density at radius 2 is 2.26 bits per heavy atom. The molecule has 0 radical (unpaired) electrons. The van der Waals surface area contributed by atoms with Crippen molar-refractivity contribution in [2.45, 2.75) is 32.9 Å². The first-order chi connectivity index (χ1) is 9.10. The molecular weight excluding hydrogens is 310 g/mol. The Bertz CT molecular complexity index is 555. The van der Waals surface area contributed by atoms with Gasteiger partial charge in [0.1, 0.15) is 5.75 Å². The van der Waals surface area contributed by atoms with Gasteiger partial charge in [-0.15, -0.1) is 0 Å². The Hall–Kier alpha value is -1.40. The van der Waals surface area contributed by atoms with Gasteiger partial charge in [0, 0.05) is 22.5 Å². The largest absolute Gasteiger partial charge is 0.483 e. The van der Waals surface area contributed by atoms with Crippen molar-refractivity contribution in [1.82, 2.24) is 10.1 Å². The van der Waals surface area contributed by atoms with Crippen molar-refractivity contribution in [2.75, 3.05) is 0 Å². The van der Waals surface area contributed by atoms with Gasteiger partial charge in [0.25, 0.3) is 5.89 Å². The van der Waals surface area contributed by atoms with Crippen LogP contribution in [-0.2, 0) is 13.0 Å². The summed E-state index contributed by atoms with van der Waals surface area (Å²) in [6.07, 6.45) is 0.743. The van der Waals surface area contributed by atoms with Gasteiger partial charge in [0.2, 0.25) is 0 Å². The highest BCUT2D eigenvalue weighted by Crippen LogP contribution is 2.28. The molecule has 0 aliphatic heterocycles. The molecule has 0 aliphatic carbocycles. The molecule has 1 heterocycles. The van der Waals surface area contributed by atoms with Gasteiger partial charge in [-0.1, -0.05) is 28.0 Å². The number of hydrogen-bond acceptors (Lipinski definition) is 5.